The van der Waals surface area contributed by atoms with Crippen LogP contribution >= 0.6 is 0 Å². The maximum atomic E-state index is 12.5. The molecule has 156 valence electrons. The number of methoxy groups -OCH3 is 1. The van der Waals surface area contributed by atoms with Crippen molar-refractivity contribution in [3.8, 4) is 11.3 Å². The van der Waals surface area contributed by atoms with Crippen LogP contribution in [0.15, 0.2) is 24.3 Å². The van der Waals surface area contributed by atoms with Crippen molar-refractivity contribution in [1.82, 2.24) is 20.2 Å². The van der Waals surface area contributed by atoms with Crippen LogP contribution in [-0.2, 0) is 16.6 Å². The number of aromatic nitrogens is 2. The van der Waals surface area contributed by atoms with E-state index in [4.69, 9.17) is 9.57 Å². The summed E-state index contributed by atoms with van der Waals surface area (Å²) in [5, 5.41) is 12.1. The van der Waals surface area contributed by atoms with Crippen LogP contribution in [0, 0.1) is 6.92 Å². The quantitative estimate of drug-likeness (QED) is 0.689. The molecule has 0 spiro atoms. The summed E-state index contributed by atoms with van der Waals surface area (Å²) >= 11 is 0. The van der Waals surface area contributed by atoms with Crippen LogP contribution in [0.2, 0.25) is 0 Å². The van der Waals surface area contributed by atoms with E-state index in [1.807, 2.05) is 25.1 Å². The molecule has 3 rings (SSSR count). The summed E-state index contributed by atoms with van der Waals surface area (Å²) in [5.74, 6) is 0.595. The number of anilines is 1. The van der Waals surface area contributed by atoms with Crippen LogP contribution < -0.4 is 10.6 Å². The minimum Gasteiger partial charge on any atom is -0.383 e. The van der Waals surface area contributed by atoms with Crippen LogP contribution in [0.5, 0.6) is 0 Å². The molecule has 1 fully saturated rings. The Kier molecular flexibility index (Phi) is 6.63. The lowest BCUT2D eigenvalue weighted by Gasteiger charge is -2.14. The second-order valence-electron chi connectivity index (χ2n) is 7.05. The number of benzene rings is 1. The number of rotatable bonds is 7. The van der Waals surface area contributed by atoms with Gasteiger partial charge in [-0.15, -0.1) is 0 Å². The van der Waals surface area contributed by atoms with Crippen LogP contribution in [-0.4, -0.2) is 66.1 Å². The van der Waals surface area contributed by atoms with Gasteiger partial charge in [0, 0.05) is 43.9 Å². The zero-order valence-corrected chi connectivity index (χ0v) is 17.2. The smallest absolute Gasteiger partial charge is 0.320 e. The highest BCUT2D eigenvalue weighted by Crippen LogP contribution is 2.28. The summed E-state index contributed by atoms with van der Waals surface area (Å²) in [6.45, 7) is 5.67. The first-order valence-electron chi connectivity index (χ1n) is 9.48. The number of aryl methyl sites for hydroxylation is 1. The van der Waals surface area contributed by atoms with Gasteiger partial charge < -0.3 is 10.1 Å². The zero-order valence-electron chi connectivity index (χ0n) is 17.2. The molecule has 1 saturated heterocycles. The van der Waals surface area contributed by atoms with Gasteiger partial charge in [0.25, 0.3) is 0 Å². The van der Waals surface area contributed by atoms with Crippen LogP contribution in [0.1, 0.15) is 22.8 Å². The number of carbonyl (C=O) groups is 2. The minimum absolute atomic E-state index is 0.00325. The molecule has 2 amide bonds. The third-order valence-corrected chi connectivity index (χ3v) is 4.82. The van der Waals surface area contributed by atoms with Gasteiger partial charge >= 0.3 is 6.03 Å². The average molecular weight is 401 g/mol. The highest BCUT2D eigenvalue weighted by Gasteiger charge is 2.25. The molecule has 9 nitrogen and oxygen atoms in total. The molecule has 1 aromatic heterocycles. The molecular formula is C20H27N5O4. The summed E-state index contributed by atoms with van der Waals surface area (Å²) in [6, 6.07) is 6.89. The molecule has 1 aromatic carbocycles. The molecule has 1 aliphatic heterocycles. The summed E-state index contributed by atoms with van der Waals surface area (Å²) in [4.78, 5) is 29.7. The second-order valence-corrected chi connectivity index (χ2v) is 7.05. The fourth-order valence-electron chi connectivity index (χ4n) is 3.28. The molecule has 0 bridgehead atoms. The number of ketones is 1. The van der Waals surface area contributed by atoms with Gasteiger partial charge in [0.2, 0.25) is 0 Å². The highest BCUT2D eigenvalue weighted by atomic mass is 16.7. The lowest BCUT2D eigenvalue weighted by atomic mass is 10.0. The molecule has 2 aromatic rings. The Morgan fingerprint density at radius 1 is 1.38 bits per heavy atom. The summed E-state index contributed by atoms with van der Waals surface area (Å²) in [6.07, 6.45) is 0. The van der Waals surface area contributed by atoms with Crippen molar-refractivity contribution >= 4 is 17.6 Å². The van der Waals surface area contributed by atoms with Crippen LogP contribution in [0.4, 0.5) is 10.6 Å². The fraction of sp³-hybridized carbons (Fsp3) is 0.450. The fourth-order valence-corrected chi connectivity index (χ4v) is 3.28. The first-order valence-corrected chi connectivity index (χ1v) is 9.48. The number of nitrogens with zero attached hydrogens (tertiary/aromatic N) is 3. The van der Waals surface area contributed by atoms with Crippen molar-refractivity contribution < 1.29 is 19.2 Å². The molecule has 0 unspecified atom stereocenters. The number of hydroxylamine groups is 2. The Balaban J connectivity index is 1.67. The Hall–Kier alpha value is -2.75. The average Bonchev–Trinajstić information content (AvgIpc) is 3.25. The van der Waals surface area contributed by atoms with Gasteiger partial charge in [0.15, 0.2) is 5.78 Å². The van der Waals surface area contributed by atoms with E-state index in [1.165, 1.54) is 6.92 Å². The van der Waals surface area contributed by atoms with E-state index < -0.39 is 0 Å². The number of urea groups is 1. The Labute approximate surface area is 169 Å². The number of Topliss-reactive ketones (excluding diaryl/α,β-unsaturated/α-hetero) is 1. The lowest BCUT2D eigenvalue weighted by molar-refractivity contribution is -0.118. The van der Waals surface area contributed by atoms with E-state index in [1.54, 1.807) is 30.0 Å². The predicted molar refractivity (Wildman–Crippen MR) is 109 cm³/mol. The highest BCUT2D eigenvalue weighted by molar-refractivity contribution is 5.95. The lowest BCUT2D eigenvalue weighted by Crippen LogP contribution is -2.41. The normalized spacial score (nSPS) is 16.8. The van der Waals surface area contributed by atoms with Crippen molar-refractivity contribution in [3.05, 3.63) is 35.4 Å². The van der Waals surface area contributed by atoms with E-state index in [0.29, 0.717) is 37.7 Å². The van der Waals surface area contributed by atoms with Gasteiger partial charge in [0.1, 0.15) is 5.82 Å². The largest absolute Gasteiger partial charge is 0.383 e. The second kappa shape index (κ2) is 9.17. The van der Waals surface area contributed by atoms with Crippen molar-refractivity contribution in [1.29, 1.82) is 0 Å². The number of ether oxygens (including phenoxy) is 1. The Bertz CT molecular complexity index is 895. The number of hydrogen-bond acceptors (Lipinski definition) is 6. The van der Waals surface area contributed by atoms with Gasteiger partial charge in [-0.25, -0.2) is 4.79 Å². The third kappa shape index (κ3) is 5.00. The molecule has 29 heavy (non-hydrogen) atoms. The number of hydrogen-bond donors (Lipinski definition) is 2. The van der Waals surface area contributed by atoms with Crippen molar-refractivity contribution in [2.45, 2.75) is 19.9 Å². The summed E-state index contributed by atoms with van der Waals surface area (Å²) in [7, 11) is 3.41. The monoisotopic (exact) mass is 401 g/mol. The first kappa shape index (κ1) is 21.0. The summed E-state index contributed by atoms with van der Waals surface area (Å²) < 4.78 is 6.66. The van der Waals surface area contributed by atoms with E-state index in [2.05, 4.69) is 15.7 Å². The maximum Gasteiger partial charge on any atom is 0.320 e. The van der Waals surface area contributed by atoms with Crippen LogP contribution in [0.3, 0.4) is 0 Å². The molecule has 1 atom stereocenters. The van der Waals surface area contributed by atoms with Crippen molar-refractivity contribution in [2.75, 3.05) is 38.7 Å². The van der Waals surface area contributed by atoms with E-state index >= 15 is 0 Å². The molecule has 0 radical (unpaired) electrons. The first-order chi connectivity index (χ1) is 13.9. The van der Waals surface area contributed by atoms with Crippen molar-refractivity contribution in [3.63, 3.8) is 0 Å². The minimum atomic E-state index is -0.317. The van der Waals surface area contributed by atoms with Crippen molar-refractivity contribution in [2.24, 2.45) is 7.05 Å². The number of nitrogens with one attached hydrogen (secondary N) is 2. The van der Waals surface area contributed by atoms with Gasteiger partial charge in [0.05, 0.1) is 24.9 Å². The van der Waals surface area contributed by atoms with Gasteiger partial charge in [-0.3, -0.25) is 19.6 Å². The summed E-state index contributed by atoms with van der Waals surface area (Å²) in [5.41, 5.74) is 3.00. The zero-order chi connectivity index (χ0) is 21.0. The molecule has 1 aliphatic rings. The topological polar surface area (TPSA) is 97.7 Å². The van der Waals surface area contributed by atoms with E-state index in [9.17, 15) is 9.59 Å². The Morgan fingerprint density at radius 3 is 2.90 bits per heavy atom. The standard InChI is InChI=1S/C20H27N5O4/c1-13-18(16-7-5-6-15(10-16)14(2)26)23-24(3)19(13)22-20(27)21-17-11-25(29-12-17)8-9-28-4/h5-7,10,17H,8-9,11-12H2,1-4H3,(H2,21,22,27)/t17-/m1/s1. The SMILES string of the molecule is COCCN1C[C@@H](NC(=O)Nc2c(C)c(-c3cccc(C(C)=O)c3)nn2C)CO1. The molecule has 9 heteroatoms. The molecule has 0 saturated carbocycles. The molecule has 2 N–H and O–H groups in total. The Morgan fingerprint density at radius 2 is 2.17 bits per heavy atom. The third-order valence-electron chi connectivity index (χ3n) is 4.82. The van der Waals surface area contributed by atoms with E-state index in [0.717, 1.165) is 16.8 Å². The molecule has 0 aliphatic carbocycles. The maximum absolute atomic E-state index is 12.5. The van der Waals surface area contributed by atoms with Gasteiger partial charge in [-0.05, 0) is 19.9 Å². The van der Waals surface area contributed by atoms with E-state index in [-0.39, 0.29) is 17.9 Å². The predicted octanol–water partition coefficient (Wildman–Crippen LogP) is 1.98. The van der Waals surface area contributed by atoms with Gasteiger partial charge in [-0.2, -0.15) is 10.2 Å². The molecule has 2 heterocycles. The number of amides is 2. The number of carbonyl (C=O) groups excluding carboxylic acids is 2. The van der Waals surface area contributed by atoms with Gasteiger partial charge in [-0.1, -0.05) is 18.2 Å². The van der Waals surface area contributed by atoms with Crippen LogP contribution in [0.25, 0.3) is 11.3 Å². The molecular weight excluding hydrogens is 374 g/mol.